The van der Waals surface area contributed by atoms with Crippen LogP contribution < -0.4 is 15.4 Å². The van der Waals surface area contributed by atoms with Crippen LogP contribution >= 0.6 is 0 Å². The third kappa shape index (κ3) is 4.43. The van der Waals surface area contributed by atoms with E-state index in [9.17, 15) is 13.2 Å². The van der Waals surface area contributed by atoms with Gasteiger partial charge >= 0.3 is 0 Å². The molecule has 4 fully saturated rings. The number of piperidine rings is 1. The maximum atomic E-state index is 13.1. The normalized spacial score (nSPS) is 28.3. The molecule has 166 valence electrons. The third-order valence-corrected chi connectivity index (χ3v) is 9.32. The molecule has 5 rings (SSSR count). The highest BCUT2D eigenvalue weighted by molar-refractivity contribution is 7.89. The molecule has 1 saturated heterocycles. The van der Waals surface area contributed by atoms with Crippen LogP contribution in [-0.2, 0) is 14.8 Å². The molecule has 7 heteroatoms. The Morgan fingerprint density at radius 1 is 1.10 bits per heavy atom. The zero-order chi connectivity index (χ0) is 21.4. The van der Waals surface area contributed by atoms with Gasteiger partial charge in [-0.3, -0.25) is 4.79 Å². The number of anilines is 1. The summed E-state index contributed by atoms with van der Waals surface area (Å²) in [4.78, 5) is 13.3. The van der Waals surface area contributed by atoms with Crippen molar-refractivity contribution in [1.29, 1.82) is 0 Å². The lowest BCUT2D eigenvalue weighted by atomic mass is 9.60. The van der Waals surface area contributed by atoms with Gasteiger partial charge in [-0.25, -0.2) is 13.1 Å². The first-order chi connectivity index (χ1) is 14.3. The number of hydrogen-bond acceptors (Lipinski definition) is 4. The van der Waals surface area contributed by atoms with E-state index in [1.54, 1.807) is 18.2 Å². The van der Waals surface area contributed by atoms with Crippen LogP contribution in [0.1, 0.15) is 63.9 Å². The van der Waals surface area contributed by atoms with E-state index >= 15 is 0 Å². The van der Waals surface area contributed by atoms with Crippen molar-refractivity contribution in [2.75, 3.05) is 18.4 Å². The van der Waals surface area contributed by atoms with Crippen molar-refractivity contribution in [3.05, 3.63) is 23.8 Å². The minimum atomic E-state index is -3.59. The number of aryl methyl sites for hydroxylation is 1. The molecular weight excluding hydrogens is 398 g/mol. The maximum Gasteiger partial charge on any atom is 0.240 e. The number of benzene rings is 1. The van der Waals surface area contributed by atoms with E-state index in [2.05, 4.69) is 15.4 Å². The monoisotopic (exact) mass is 433 g/mol. The van der Waals surface area contributed by atoms with Crippen LogP contribution in [-0.4, -0.2) is 33.5 Å². The predicted molar refractivity (Wildman–Crippen MR) is 119 cm³/mol. The summed E-state index contributed by atoms with van der Waals surface area (Å²) in [7, 11) is -3.59. The minimum Gasteiger partial charge on any atom is -0.325 e. The van der Waals surface area contributed by atoms with Crippen LogP contribution in [0, 0.1) is 24.2 Å². The Morgan fingerprint density at radius 2 is 1.73 bits per heavy atom. The second kappa shape index (κ2) is 8.60. The van der Waals surface area contributed by atoms with E-state index in [1.807, 2.05) is 13.8 Å². The molecule has 3 saturated carbocycles. The second-order valence-corrected chi connectivity index (χ2v) is 11.4. The summed E-state index contributed by atoms with van der Waals surface area (Å²) in [5, 5.41) is 6.42. The summed E-state index contributed by atoms with van der Waals surface area (Å²) in [5.74, 6) is 1.27. The van der Waals surface area contributed by atoms with E-state index in [-0.39, 0.29) is 22.3 Å². The SMILES string of the molecule is Cc1cc(S(=O)(=O)NC(C)C2CCNCC2)ccc1NC(=O)C12CCC(CC1)CC2. The molecule has 1 unspecified atom stereocenters. The molecule has 0 aromatic heterocycles. The zero-order valence-corrected chi connectivity index (χ0v) is 19.0. The number of amides is 1. The van der Waals surface area contributed by atoms with Crippen LogP contribution in [0.4, 0.5) is 5.69 Å². The van der Waals surface area contributed by atoms with Gasteiger partial charge in [-0.05, 0) is 114 Å². The number of carbonyl (C=O) groups excluding carboxylic acids is 1. The van der Waals surface area contributed by atoms with Crippen LogP contribution in [0.5, 0.6) is 0 Å². The molecule has 3 N–H and O–H groups in total. The number of nitrogens with one attached hydrogen (secondary N) is 3. The zero-order valence-electron chi connectivity index (χ0n) is 18.2. The fraction of sp³-hybridized carbons (Fsp3) is 0.696. The van der Waals surface area contributed by atoms with Gasteiger partial charge in [-0.15, -0.1) is 0 Å². The molecule has 30 heavy (non-hydrogen) atoms. The largest absolute Gasteiger partial charge is 0.325 e. The van der Waals surface area contributed by atoms with Gasteiger partial charge in [0.2, 0.25) is 15.9 Å². The number of carbonyl (C=O) groups is 1. The highest BCUT2D eigenvalue weighted by atomic mass is 32.2. The molecule has 1 amide bonds. The average molecular weight is 434 g/mol. The predicted octanol–water partition coefficient (Wildman–Crippen LogP) is 3.57. The second-order valence-electron chi connectivity index (χ2n) is 9.69. The van der Waals surface area contributed by atoms with Crippen LogP contribution in [0.2, 0.25) is 0 Å². The van der Waals surface area contributed by atoms with Crippen molar-refractivity contribution < 1.29 is 13.2 Å². The maximum absolute atomic E-state index is 13.1. The van der Waals surface area contributed by atoms with E-state index < -0.39 is 10.0 Å². The summed E-state index contributed by atoms with van der Waals surface area (Å²) >= 11 is 0. The Kier molecular flexibility index (Phi) is 6.24. The van der Waals surface area contributed by atoms with Crippen molar-refractivity contribution in [2.24, 2.45) is 17.3 Å². The summed E-state index contributed by atoms with van der Waals surface area (Å²) in [6, 6.07) is 4.91. The van der Waals surface area contributed by atoms with Gasteiger partial charge in [0.25, 0.3) is 0 Å². The molecule has 0 radical (unpaired) electrons. The van der Waals surface area contributed by atoms with Gasteiger partial charge in [0, 0.05) is 17.1 Å². The Balaban J connectivity index is 1.44. The Hall–Kier alpha value is -1.44. The molecule has 2 bridgehead atoms. The molecule has 1 aromatic carbocycles. The van der Waals surface area contributed by atoms with Crippen LogP contribution in [0.15, 0.2) is 23.1 Å². The minimum absolute atomic E-state index is 0.0997. The summed E-state index contributed by atoms with van der Waals surface area (Å²) < 4.78 is 28.7. The first-order valence-electron chi connectivity index (χ1n) is 11.4. The van der Waals surface area contributed by atoms with Crippen molar-refractivity contribution >= 4 is 21.6 Å². The summed E-state index contributed by atoms with van der Waals surface area (Å²) in [5.41, 5.74) is 1.27. The number of fused-ring (bicyclic) bond motifs is 3. The van der Waals surface area contributed by atoms with Crippen molar-refractivity contribution in [3.8, 4) is 0 Å². The van der Waals surface area contributed by atoms with E-state index in [0.29, 0.717) is 11.6 Å². The molecule has 6 nitrogen and oxygen atoms in total. The quantitative estimate of drug-likeness (QED) is 0.640. The number of sulfonamides is 1. The lowest BCUT2D eigenvalue weighted by Gasteiger charge is -2.45. The van der Waals surface area contributed by atoms with E-state index in [0.717, 1.165) is 75.9 Å². The van der Waals surface area contributed by atoms with Crippen molar-refractivity contribution in [3.63, 3.8) is 0 Å². The lowest BCUT2D eigenvalue weighted by molar-refractivity contribution is -0.131. The van der Waals surface area contributed by atoms with Crippen LogP contribution in [0.25, 0.3) is 0 Å². The fourth-order valence-electron chi connectivity index (χ4n) is 5.54. The molecule has 1 aromatic rings. The van der Waals surface area contributed by atoms with Crippen LogP contribution in [0.3, 0.4) is 0 Å². The van der Waals surface area contributed by atoms with Gasteiger partial charge < -0.3 is 10.6 Å². The molecule has 3 aliphatic carbocycles. The first kappa shape index (κ1) is 21.8. The van der Waals surface area contributed by atoms with Gasteiger partial charge in [0.05, 0.1) is 4.90 Å². The van der Waals surface area contributed by atoms with Crippen molar-refractivity contribution in [1.82, 2.24) is 10.0 Å². The fourth-order valence-corrected chi connectivity index (χ4v) is 6.94. The van der Waals surface area contributed by atoms with Gasteiger partial charge in [-0.1, -0.05) is 0 Å². The van der Waals surface area contributed by atoms with Gasteiger partial charge in [0.1, 0.15) is 0 Å². The Morgan fingerprint density at radius 3 is 2.33 bits per heavy atom. The highest BCUT2D eigenvalue weighted by Crippen LogP contribution is 2.50. The molecular formula is C23H35N3O3S. The van der Waals surface area contributed by atoms with E-state index in [1.165, 1.54) is 0 Å². The van der Waals surface area contributed by atoms with Gasteiger partial charge in [0.15, 0.2) is 0 Å². The first-order valence-corrected chi connectivity index (χ1v) is 12.9. The molecule has 0 spiro atoms. The Labute approximate surface area is 180 Å². The van der Waals surface area contributed by atoms with Gasteiger partial charge in [-0.2, -0.15) is 0 Å². The molecule has 1 atom stereocenters. The number of hydrogen-bond donors (Lipinski definition) is 3. The number of rotatable bonds is 6. The summed E-state index contributed by atoms with van der Waals surface area (Å²) in [6.07, 6.45) is 8.38. The molecule has 1 aliphatic heterocycles. The highest BCUT2D eigenvalue weighted by Gasteiger charge is 2.45. The lowest BCUT2D eigenvalue weighted by Crippen LogP contribution is -2.43. The summed E-state index contributed by atoms with van der Waals surface area (Å²) in [6.45, 7) is 5.69. The standard InChI is InChI=1S/C23H35N3O3S/c1-16-15-20(30(28,29)26-17(2)19-8-13-24-14-9-19)3-4-21(16)25-22(27)23-10-5-18(6-11-23)7-12-23/h3-4,15,17-19,24,26H,5-14H2,1-2H3,(H,25,27). The average Bonchev–Trinajstić information content (AvgIpc) is 2.76. The Bertz CT molecular complexity index is 871. The molecule has 1 heterocycles. The van der Waals surface area contributed by atoms with Crippen molar-refractivity contribution in [2.45, 2.75) is 76.2 Å². The topological polar surface area (TPSA) is 87.3 Å². The van der Waals surface area contributed by atoms with E-state index in [4.69, 9.17) is 0 Å². The molecule has 4 aliphatic rings. The third-order valence-electron chi connectivity index (χ3n) is 7.76. The smallest absolute Gasteiger partial charge is 0.240 e.